The van der Waals surface area contributed by atoms with Crippen LogP contribution < -0.4 is 0 Å². The van der Waals surface area contributed by atoms with Gasteiger partial charge in [0.15, 0.2) is 0 Å². The summed E-state index contributed by atoms with van der Waals surface area (Å²) in [6.45, 7) is 2.58. The van der Waals surface area contributed by atoms with Crippen molar-refractivity contribution in [3.05, 3.63) is 29.3 Å². The highest BCUT2D eigenvalue weighted by molar-refractivity contribution is 7.89. The Hall–Kier alpha value is -1.11. The topological polar surface area (TPSA) is 70.0 Å². The van der Waals surface area contributed by atoms with Crippen LogP contribution in [0.1, 0.15) is 19.8 Å². The number of benzene rings is 1. The number of rotatable bonds is 3. The minimum Gasteiger partial charge on any atom is -0.411 e. The van der Waals surface area contributed by atoms with E-state index in [2.05, 4.69) is 5.16 Å². The van der Waals surface area contributed by atoms with Crippen molar-refractivity contribution in [1.29, 1.82) is 0 Å². The number of oxime groups is 1. The highest BCUT2D eigenvalue weighted by Crippen LogP contribution is 2.28. The van der Waals surface area contributed by atoms with Crippen molar-refractivity contribution in [2.45, 2.75) is 24.7 Å². The van der Waals surface area contributed by atoms with Crippen molar-refractivity contribution >= 4 is 27.3 Å². The molecule has 1 fully saturated rings. The lowest BCUT2D eigenvalue weighted by molar-refractivity contribution is 0.295. The van der Waals surface area contributed by atoms with Crippen molar-refractivity contribution in [2.24, 2.45) is 11.1 Å². The van der Waals surface area contributed by atoms with E-state index in [1.54, 1.807) is 18.2 Å². The van der Waals surface area contributed by atoms with Gasteiger partial charge in [0.05, 0.1) is 10.7 Å². The van der Waals surface area contributed by atoms with Gasteiger partial charge in [0.1, 0.15) is 4.90 Å². The molecule has 7 heteroatoms. The molecule has 1 aromatic carbocycles. The summed E-state index contributed by atoms with van der Waals surface area (Å²) < 4.78 is 26.6. The number of halogens is 1. The van der Waals surface area contributed by atoms with Crippen molar-refractivity contribution in [3.8, 4) is 0 Å². The zero-order valence-electron chi connectivity index (χ0n) is 11.2. The van der Waals surface area contributed by atoms with Crippen LogP contribution in [0.25, 0.3) is 0 Å². The van der Waals surface area contributed by atoms with E-state index in [9.17, 15) is 8.42 Å². The molecular formula is C13H17ClN2O3S. The Balaban J connectivity index is 2.30. The van der Waals surface area contributed by atoms with Crippen LogP contribution in [0.3, 0.4) is 0 Å². The molecule has 1 aromatic rings. The second kappa shape index (κ2) is 6.11. The van der Waals surface area contributed by atoms with E-state index in [4.69, 9.17) is 16.8 Å². The maximum Gasteiger partial charge on any atom is 0.244 e. The van der Waals surface area contributed by atoms with Gasteiger partial charge in [-0.15, -0.1) is 0 Å². The Labute approximate surface area is 123 Å². The fourth-order valence-corrected chi connectivity index (χ4v) is 4.37. The summed E-state index contributed by atoms with van der Waals surface area (Å²) in [4.78, 5) is 0.126. The molecule has 0 radical (unpaired) electrons. The van der Waals surface area contributed by atoms with Crippen LogP contribution in [0.5, 0.6) is 0 Å². The summed E-state index contributed by atoms with van der Waals surface area (Å²) >= 11 is 5.98. The van der Waals surface area contributed by atoms with Gasteiger partial charge in [-0.1, -0.05) is 35.8 Å². The maximum absolute atomic E-state index is 12.6. The Morgan fingerprint density at radius 1 is 1.45 bits per heavy atom. The molecule has 110 valence electrons. The van der Waals surface area contributed by atoms with Crippen LogP contribution in [0.15, 0.2) is 34.3 Å². The number of sulfonamides is 1. The number of piperidine rings is 1. The minimum atomic E-state index is -3.60. The molecule has 0 spiro atoms. The Morgan fingerprint density at radius 3 is 2.75 bits per heavy atom. The van der Waals surface area contributed by atoms with Crippen molar-refractivity contribution in [1.82, 2.24) is 4.31 Å². The first-order valence-corrected chi connectivity index (χ1v) is 8.28. The Morgan fingerprint density at radius 2 is 2.15 bits per heavy atom. The fourth-order valence-electron chi connectivity index (χ4n) is 2.39. The van der Waals surface area contributed by atoms with Gasteiger partial charge < -0.3 is 5.21 Å². The van der Waals surface area contributed by atoms with Gasteiger partial charge in [-0.2, -0.15) is 4.31 Å². The molecule has 2 rings (SSSR count). The highest BCUT2D eigenvalue weighted by Gasteiger charge is 2.33. The predicted octanol–water partition coefficient (Wildman–Crippen LogP) is 2.59. The quantitative estimate of drug-likeness (QED) is 0.688. The van der Waals surface area contributed by atoms with Gasteiger partial charge >= 0.3 is 0 Å². The average molecular weight is 317 g/mol. The molecule has 1 saturated heterocycles. The summed E-state index contributed by atoms with van der Waals surface area (Å²) in [5.41, 5.74) is 0.665. The van der Waals surface area contributed by atoms with Gasteiger partial charge in [-0.05, 0) is 18.6 Å². The molecule has 1 N–H and O–H groups in total. The zero-order valence-corrected chi connectivity index (χ0v) is 12.7. The van der Waals surface area contributed by atoms with Crippen LogP contribution in [-0.2, 0) is 10.0 Å². The molecule has 1 aliphatic heterocycles. The van der Waals surface area contributed by atoms with E-state index in [-0.39, 0.29) is 15.8 Å². The molecule has 0 aliphatic carbocycles. The second-order valence-electron chi connectivity index (χ2n) is 4.74. The van der Waals surface area contributed by atoms with E-state index >= 15 is 0 Å². The number of hydrogen-bond acceptors (Lipinski definition) is 4. The van der Waals surface area contributed by atoms with Crippen molar-refractivity contribution in [3.63, 3.8) is 0 Å². The molecule has 0 saturated carbocycles. The summed E-state index contributed by atoms with van der Waals surface area (Å²) in [5, 5.41) is 12.4. The molecule has 0 aromatic heterocycles. The SMILES string of the molecule is CCC1CN(S(=O)(=O)c2ccccc2Cl)CC/C1=N\O. The summed E-state index contributed by atoms with van der Waals surface area (Å²) in [7, 11) is -3.60. The standard InChI is InChI=1S/C13H17ClN2O3S/c1-2-10-9-16(8-7-12(10)15-17)20(18,19)13-6-4-3-5-11(13)14/h3-6,10,17H,2,7-9H2,1H3/b15-12+. The Bertz CT molecular complexity index is 616. The van der Waals surface area contributed by atoms with Crippen LogP contribution in [0.4, 0.5) is 0 Å². The monoisotopic (exact) mass is 316 g/mol. The first-order chi connectivity index (χ1) is 9.50. The Kier molecular flexibility index (Phi) is 4.67. The molecule has 1 heterocycles. The largest absolute Gasteiger partial charge is 0.411 e. The molecule has 20 heavy (non-hydrogen) atoms. The van der Waals surface area contributed by atoms with Crippen LogP contribution >= 0.6 is 11.6 Å². The van der Waals surface area contributed by atoms with Gasteiger partial charge in [-0.25, -0.2) is 8.42 Å². The molecule has 0 bridgehead atoms. The first kappa shape index (κ1) is 15.3. The third-order valence-electron chi connectivity index (χ3n) is 3.59. The van der Waals surface area contributed by atoms with Gasteiger partial charge in [0.25, 0.3) is 0 Å². The van der Waals surface area contributed by atoms with E-state index in [0.717, 1.165) is 6.42 Å². The van der Waals surface area contributed by atoms with E-state index in [1.165, 1.54) is 10.4 Å². The average Bonchev–Trinajstić information content (AvgIpc) is 2.46. The van der Waals surface area contributed by atoms with Crippen molar-refractivity contribution < 1.29 is 13.6 Å². The number of nitrogens with zero attached hydrogens (tertiary/aromatic N) is 2. The summed E-state index contributed by atoms with van der Waals surface area (Å²) in [6, 6.07) is 6.42. The molecule has 1 aliphatic rings. The van der Waals surface area contributed by atoms with Crippen molar-refractivity contribution in [2.75, 3.05) is 13.1 Å². The molecule has 5 nitrogen and oxygen atoms in total. The molecule has 1 atom stereocenters. The van der Waals surface area contributed by atoms with Gasteiger partial charge in [0.2, 0.25) is 10.0 Å². The normalized spacial score (nSPS) is 23.1. The van der Waals surface area contributed by atoms with Crippen LogP contribution in [0.2, 0.25) is 5.02 Å². The van der Waals surface area contributed by atoms with E-state index in [0.29, 0.717) is 25.2 Å². The second-order valence-corrected chi connectivity index (χ2v) is 7.05. The molecule has 0 amide bonds. The number of hydrogen-bond donors (Lipinski definition) is 1. The van der Waals surface area contributed by atoms with Crippen LogP contribution in [0, 0.1) is 5.92 Å². The molecule has 1 unspecified atom stereocenters. The highest BCUT2D eigenvalue weighted by atomic mass is 35.5. The third-order valence-corrected chi connectivity index (χ3v) is 5.95. The van der Waals surface area contributed by atoms with Gasteiger partial charge in [-0.3, -0.25) is 0 Å². The van der Waals surface area contributed by atoms with Crippen LogP contribution in [-0.4, -0.2) is 36.7 Å². The van der Waals surface area contributed by atoms with E-state index in [1.807, 2.05) is 6.92 Å². The fraction of sp³-hybridized carbons (Fsp3) is 0.462. The van der Waals surface area contributed by atoms with Gasteiger partial charge in [0, 0.05) is 25.4 Å². The smallest absolute Gasteiger partial charge is 0.244 e. The molecular weight excluding hydrogens is 300 g/mol. The maximum atomic E-state index is 12.6. The first-order valence-electron chi connectivity index (χ1n) is 6.46. The summed E-state index contributed by atoms with van der Waals surface area (Å²) in [6.07, 6.45) is 1.17. The zero-order chi connectivity index (χ0) is 14.8. The minimum absolute atomic E-state index is 0.0500. The van der Waals surface area contributed by atoms with E-state index < -0.39 is 10.0 Å². The lowest BCUT2D eigenvalue weighted by Crippen LogP contribution is -2.44. The third kappa shape index (κ3) is 2.82. The summed E-state index contributed by atoms with van der Waals surface area (Å²) in [5.74, 6) is -0.0500. The lowest BCUT2D eigenvalue weighted by Gasteiger charge is -2.32. The predicted molar refractivity (Wildman–Crippen MR) is 77.8 cm³/mol. The lowest BCUT2D eigenvalue weighted by atomic mass is 9.95.